The molecule has 0 aliphatic carbocycles. The molecule has 0 unspecified atom stereocenters. The maximum absolute atomic E-state index is 12.6. The van der Waals surface area contributed by atoms with Crippen LogP contribution >= 0.6 is 0 Å². The lowest BCUT2D eigenvalue weighted by molar-refractivity contribution is -0.137. The number of hydrogen-bond acceptors (Lipinski definition) is 4. The Hall–Kier alpha value is -2.18. The second-order valence-electron chi connectivity index (χ2n) is 6.85. The van der Waals surface area contributed by atoms with Gasteiger partial charge >= 0.3 is 0 Å². The van der Waals surface area contributed by atoms with Crippen molar-refractivity contribution in [1.29, 1.82) is 0 Å². The third-order valence-electron chi connectivity index (χ3n) is 4.42. The van der Waals surface area contributed by atoms with Crippen LogP contribution in [0, 0.1) is 13.8 Å². The topological polar surface area (TPSA) is 65.4 Å². The predicted molar refractivity (Wildman–Crippen MR) is 94.5 cm³/mol. The van der Waals surface area contributed by atoms with Crippen LogP contribution in [0.3, 0.4) is 0 Å². The van der Waals surface area contributed by atoms with Crippen molar-refractivity contribution in [2.75, 3.05) is 13.2 Å². The lowest BCUT2D eigenvalue weighted by Gasteiger charge is -2.17. The summed E-state index contributed by atoms with van der Waals surface area (Å²) >= 11 is 0. The molecule has 1 aliphatic rings. The van der Waals surface area contributed by atoms with Crippen molar-refractivity contribution < 1.29 is 14.3 Å². The van der Waals surface area contributed by atoms with Crippen molar-refractivity contribution in [3.05, 3.63) is 53.1 Å². The Bertz CT molecular complexity index is 753. The van der Waals surface area contributed by atoms with Gasteiger partial charge in [0.2, 0.25) is 0 Å². The van der Waals surface area contributed by atoms with Crippen molar-refractivity contribution in [2.24, 2.45) is 0 Å². The molecule has 3 rings (SSSR count). The van der Waals surface area contributed by atoms with Crippen molar-refractivity contribution in [2.45, 2.75) is 46.1 Å². The van der Waals surface area contributed by atoms with Gasteiger partial charge in [-0.3, -0.25) is 9.78 Å². The second kappa shape index (κ2) is 6.98. The Morgan fingerprint density at radius 2 is 2.20 bits per heavy atom. The lowest BCUT2D eigenvalue weighted by atomic mass is 10.2. The summed E-state index contributed by atoms with van der Waals surface area (Å²) in [5.41, 5.74) is 3.63. The molecule has 1 atom stereocenters. The molecule has 1 fully saturated rings. The van der Waals surface area contributed by atoms with Crippen molar-refractivity contribution in [1.82, 2.24) is 14.9 Å². The molecule has 0 aromatic carbocycles. The smallest absolute Gasteiger partial charge is 0.253 e. The third-order valence-corrected chi connectivity index (χ3v) is 4.42. The number of aromatic nitrogens is 2. The van der Waals surface area contributed by atoms with Crippen LogP contribution in [0.2, 0.25) is 0 Å². The zero-order chi connectivity index (χ0) is 18.0. The summed E-state index contributed by atoms with van der Waals surface area (Å²) in [7, 11) is 0. The van der Waals surface area contributed by atoms with E-state index in [4.69, 9.17) is 9.47 Å². The zero-order valence-corrected chi connectivity index (χ0v) is 15.2. The van der Waals surface area contributed by atoms with E-state index in [0.717, 1.165) is 17.1 Å². The number of aryl methyl sites for hydroxylation is 1. The van der Waals surface area contributed by atoms with Crippen LogP contribution in [0.25, 0.3) is 0 Å². The van der Waals surface area contributed by atoms with Crippen molar-refractivity contribution in [3.8, 4) is 0 Å². The van der Waals surface area contributed by atoms with E-state index in [1.54, 1.807) is 6.20 Å². The average molecular weight is 343 g/mol. The molecule has 2 aromatic rings. The number of amides is 1. The van der Waals surface area contributed by atoms with Gasteiger partial charge in [0.05, 0.1) is 24.4 Å². The van der Waals surface area contributed by atoms with Gasteiger partial charge in [-0.15, -0.1) is 0 Å². The largest absolute Gasteiger partial charge is 0.349 e. The Morgan fingerprint density at radius 1 is 1.40 bits per heavy atom. The number of hydrogen-bond donors (Lipinski definition) is 1. The minimum Gasteiger partial charge on any atom is -0.349 e. The van der Waals surface area contributed by atoms with Crippen LogP contribution in [0.15, 0.2) is 30.5 Å². The standard InChI is InChI=1S/C19H25N3O3/c1-13-9-17(14(2)22(13)11-15-7-5-6-8-20-15)18(23)21-10-16-12-24-19(3,4)25-16/h5-9,16H,10-12H2,1-4H3,(H,21,23)/t16-/m1/s1. The molecule has 0 spiro atoms. The average Bonchev–Trinajstić information content (AvgIpc) is 3.07. The molecule has 0 radical (unpaired) electrons. The number of carbonyl (C=O) groups is 1. The Morgan fingerprint density at radius 3 is 2.84 bits per heavy atom. The first-order valence-electron chi connectivity index (χ1n) is 8.52. The molecule has 1 saturated heterocycles. The summed E-state index contributed by atoms with van der Waals surface area (Å²) in [4.78, 5) is 16.9. The van der Waals surface area contributed by atoms with Crippen LogP contribution in [0.4, 0.5) is 0 Å². The normalized spacial score (nSPS) is 19.1. The van der Waals surface area contributed by atoms with E-state index >= 15 is 0 Å². The molecule has 2 aromatic heterocycles. The van der Waals surface area contributed by atoms with Crippen LogP contribution in [0.1, 0.15) is 41.3 Å². The van der Waals surface area contributed by atoms with E-state index in [2.05, 4.69) is 14.9 Å². The third kappa shape index (κ3) is 4.08. The molecular formula is C19H25N3O3. The van der Waals surface area contributed by atoms with Crippen LogP contribution < -0.4 is 5.32 Å². The monoisotopic (exact) mass is 343 g/mol. The minimum atomic E-state index is -0.575. The highest BCUT2D eigenvalue weighted by atomic mass is 16.7. The fourth-order valence-electron chi connectivity index (χ4n) is 3.09. The van der Waals surface area contributed by atoms with Gasteiger partial charge in [0, 0.05) is 24.1 Å². The summed E-state index contributed by atoms with van der Waals surface area (Å²) in [6.07, 6.45) is 1.67. The first-order valence-corrected chi connectivity index (χ1v) is 8.52. The molecule has 6 heteroatoms. The number of ether oxygens (including phenoxy) is 2. The highest BCUT2D eigenvalue weighted by Crippen LogP contribution is 2.22. The Labute approximate surface area is 148 Å². The van der Waals surface area contributed by atoms with Crippen molar-refractivity contribution >= 4 is 5.91 Å². The van der Waals surface area contributed by atoms with Crippen LogP contribution in [-0.2, 0) is 16.0 Å². The van der Waals surface area contributed by atoms with Crippen LogP contribution in [-0.4, -0.2) is 40.5 Å². The molecule has 1 N–H and O–H groups in total. The van der Waals surface area contributed by atoms with Gasteiger partial charge in [-0.05, 0) is 45.9 Å². The molecule has 3 heterocycles. The van der Waals surface area contributed by atoms with E-state index in [0.29, 0.717) is 25.3 Å². The van der Waals surface area contributed by atoms with E-state index in [1.807, 2.05) is 52.0 Å². The molecule has 1 aliphatic heterocycles. The number of nitrogens with zero attached hydrogens (tertiary/aromatic N) is 2. The zero-order valence-electron chi connectivity index (χ0n) is 15.2. The summed E-state index contributed by atoms with van der Waals surface area (Å²) in [5.74, 6) is -0.665. The fourth-order valence-corrected chi connectivity index (χ4v) is 3.09. The maximum atomic E-state index is 12.6. The highest BCUT2D eigenvalue weighted by molar-refractivity contribution is 5.95. The molecule has 134 valence electrons. The fraction of sp³-hybridized carbons (Fsp3) is 0.474. The number of nitrogens with one attached hydrogen (secondary N) is 1. The summed E-state index contributed by atoms with van der Waals surface area (Å²) in [6, 6.07) is 7.77. The SMILES string of the molecule is Cc1cc(C(=O)NC[C@@H]2COC(C)(C)O2)c(C)n1Cc1ccccn1. The number of rotatable bonds is 5. The molecule has 25 heavy (non-hydrogen) atoms. The van der Waals surface area contributed by atoms with E-state index in [-0.39, 0.29) is 12.0 Å². The quantitative estimate of drug-likeness (QED) is 0.905. The lowest BCUT2D eigenvalue weighted by Crippen LogP contribution is -2.34. The number of pyridine rings is 1. The second-order valence-corrected chi connectivity index (χ2v) is 6.85. The maximum Gasteiger partial charge on any atom is 0.253 e. The summed E-state index contributed by atoms with van der Waals surface area (Å²) in [6.45, 7) is 9.30. The van der Waals surface area contributed by atoms with Gasteiger partial charge in [0.1, 0.15) is 6.10 Å². The Balaban J connectivity index is 1.66. The summed E-state index contributed by atoms with van der Waals surface area (Å²) in [5, 5.41) is 2.95. The van der Waals surface area contributed by atoms with E-state index < -0.39 is 5.79 Å². The highest BCUT2D eigenvalue weighted by Gasteiger charge is 2.32. The van der Waals surface area contributed by atoms with E-state index in [9.17, 15) is 4.79 Å². The molecular weight excluding hydrogens is 318 g/mol. The van der Waals surface area contributed by atoms with Gasteiger partial charge in [0.25, 0.3) is 5.91 Å². The van der Waals surface area contributed by atoms with Gasteiger partial charge in [-0.2, -0.15) is 0 Å². The van der Waals surface area contributed by atoms with Gasteiger partial charge in [-0.1, -0.05) is 6.07 Å². The van der Waals surface area contributed by atoms with Gasteiger partial charge in [0.15, 0.2) is 5.79 Å². The van der Waals surface area contributed by atoms with Gasteiger partial charge < -0.3 is 19.4 Å². The Kier molecular flexibility index (Phi) is 4.92. The molecule has 6 nitrogen and oxygen atoms in total. The molecule has 0 bridgehead atoms. The first kappa shape index (κ1) is 17.6. The number of carbonyl (C=O) groups excluding carboxylic acids is 1. The van der Waals surface area contributed by atoms with E-state index in [1.165, 1.54) is 0 Å². The predicted octanol–water partition coefficient (Wildman–Crippen LogP) is 2.43. The van der Waals surface area contributed by atoms with Crippen molar-refractivity contribution in [3.63, 3.8) is 0 Å². The molecule has 1 amide bonds. The summed E-state index contributed by atoms with van der Waals surface area (Å²) < 4.78 is 13.3. The molecule has 0 saturated carbocycles. The first-order chi connectivity index (χ1) is 11.9. The van der Waals surface area contributed by atoms with Gasteiger partial charge in [-0.25, -0.2) is 0 Å². The van der Waals surface area contributed by atoms with Crippen LogP contribution in [0.5, 0.6) is 0 Å². The minimum absolute atomic E-state index is 0.0892.